The normalized spacial score (nSPS) is 13.2. The van der Waals surface area contributed by atoms with Gasteiger partial charge in [0.25, 0.3) is 6.47 Å². The number of halogens is 2. The Morgan fingerprint density at radius 1 is 0.592 bits per heavy atom. The van der Waals surface area contributed by atoms with E-state index in [1.165, 1.54) is 16.0 Å². The van der Waals surface area contributed by atoms with Crippen LogP contribution in [0.25, 0.3) is 33.8 Å². The Bertz CT molecular complexity index is 2590. The first-order valence-corrected chi connectivity index (χ1v) is 21.5. The van der Waals surface area contributed by atoms with Crippen LogP contribution in [-0.2, 0) is 57.4 Å². The number of anilines is 1. The van der Waals surface area contributed by atoms with Crippen LogP contribution in [0, 0.1) is 13.8 Å². The molecule has 3 fully saturated rings. The molecule has 0 radical (unpaired) electrons. The number of alkyl halides is 1. The van der Waals surface area contributed by atoms with Crippen LogP contribution >= 0.6 is 24.0 Å². The van der Waals surface area contributed by atoms with Gasteiger partial charge in [-0.1, -0.05) is 91.0 Å². The van der Waals surface area contributed by atoms with Gasteiger partial charge in [0.05, 0.1) is 47.9 Å². The molecule has 0 bridgehead atoms. The minimum atomic E-state index is -0.181. The second-order valence-electron chi connectivity index (χ2n) is 14.9. The number of carbonyl (C=O) groups excluding carboxylic acids is 7. The second-order valence-corrected chi connectivity index (χ2v) is 15.1. The molecule has 3 aromatic heterocycles. The largest absolute Gasteiger partial charge is 1.00 e. The van der Waals surface area contributed by atoms with Crippen molar-refractivity contribution in [2.45, 2.75) is 71.3 Å². The molecular formula is C48H48Cl2K2N10O9. The van der Waals surface area contributed by atoms with Gasteiger partial charge in [-0.3, -0.25) is 48.7 Å². The van der Waals surface area contributed by atoms with Crippen molar-refractivity contribution in [3.63, 3.8) is 0 Å². The summed E-state index contributed by atoms with van der Waals surface area (Å²) in [6, 6.07) is 29.3. The van der Waals surface area contributed by atoms with Gasteiger partial charge in [-0.2, -0.15) is 0 Å². The SMILES string of the molecule is Cc1cnc(CCl)nc1-c1ccccc1.Cc1cnc(CN2C(=O)CCC2=O)nc1-c1ccccc1.Cl.Nc1cnc(CN2C(=O)CCC2=O)nc1-c1ccccc1.O=C1CCC(=O)N1.O=CO[O-].[H-].[K+].[K+]. The number of nitrogens with two attached hydrogens (primary N) is 1. The van der Waals surface area contributed by atoms with E-state index in [1.54, 1.807) is 6.20 Å². The van der Waals surface area contributed by atoms with Gasteiger partial charge in [0.2, 0.25) is 35.4 Å². The fourth-order valence-corrected chi connectivity index (χ4v) is 6.72. The number of imide groups is 3. The Hall–Kier alpha value is -4.60. The molecule has 0 saturated carbocycles. The molecule has 71 heavy (non-hydrogen) atoms. The number of rotatable bonds is 9. The molecule has 6 heterocycles. The second kappa shape index (κ2) is 32.5. The summed E-state index contributed by atoms with van der Waals surface area (Å²) in [4.78, 5) is 106. The number of nitrogen functional groups attached to an aromatic ring is 1. The maximum atomic E-state index is 11.7. The minimum Gasteiger partial charge on any atom is -1.00 e. The Balaban J connectivity index is 0.000000480. The Kier molecular flexibility index (Phi) is 28.6. The molecule has 0 spiro atoms. The molecule has 9 rings (SSSR count). The minimum absolute atomic E-state index is 0. The summed E-state index contributed by atoms with van der Waals surface area (Å²) < 4.78 is 0. The van der Waals surface area contributed by atoms with E-state index in [2.05, 4.69) is 40.1 Å². The van der Waals surface area contributed by atoms with E-state index < -0.39 is 0 Å². The van der Waals surface area contributed by atoms with E-state index >= 15 is 0 Å². The maximum absolute atomic E-state index is 11.7. The van der Waals surface area contributed by atoms with Crippen molar-refractivity contribution >= 4 is 71.6 Å². The van der Waals surface area contributed by atoms with Crippen LogP contribution in [0.1, 0.15) is 68.6 Å². The number of carbonyl (C=O) groups is 7. The number of likely N-dealkylation sites (tertiary alicyclic amines) is 2. The molecule has 3 aromatic carbocycles. The molecule has 0 unspecified atom stereocenters. The summed E-state index contributed by atoms with van der Waals surface area (Å²) in [5.74, 6) is 0.963. The zero-order valence-electron chi connectivity index (χ0n) is 40.4. The zero-order chi connectivity index (χ0) is 49.0. The summed E-state index contributed by atoms with van der Waals surface area (Å²) in [7, 11) is 0. The topological polar surface area (TPSA) is 274 Å². The van der Waals surface area contributed by atoms with Gasteiger partial charge in [-0.25, -0.2) is 29.9 Å². The van der Waals surface area contributed by atoms with Crippen LogP contribution < -0.4 is 119 Å². The number of aromatic nitrogens is 6. The number of nitrogens with one attached hydrogen (secondary N) is 1. The van der Waals surface area contributed by atoms with Crippen molar-refractivity contribution in [2.75, 3.05) is 5.73 Å². The summed E-state index contributed by atoms with van der Waals surface area (Å²) >= 11 is 5.71. The Morgan fingerprint density at radius 3 is 1.25 bits per heavy atom. The van der Waals surface area contributed by atoms with Crippen molar-refractivity contribution < 1.29 is 148 Å². The van der Waals surface area contributed by atoms with Gasteiger partial charge in [0.15, 0.2) is 0 Å². The van der Waals surface area contributed by atoms with Gasteiger partial charge in [-0.15, -0.1) is 24.0 Å². The van der Waals surface area contributed by atoms with Crippen LogP contribution in [0.3, 0.4) is 0 Å². The molecule has 0 aliphatic carbocycles. The van der Waals surface area contributed by atoms with Crippen molar-refractivity contribution in [3.05, 3.63) is 138 Å². The molecular weight excluding hydrogens is 1010 g/mol. The van der Waals surface area contributed by atoms with E-state index in [4.69, 9.17) is 27.4 Å². The van der Waals surface area contributed by atoms with Crippen LogP contribution in [0.4, 0.5) is 5.69 Å². The van der Waals surface area contributed by atoms with E-state index in [0.717, 1.165) is 39.2 Å². The third-order valence-corrected chi connectivity index (χ3v) is 10.2. The van der Waals surface area contributed by atoms with Crippen LogP contribution in [-0.4, -0.2) is 81.6 Å². The van der Waals surface area contributed by atoms with Crippen LogP contribution in [0.2, 0.25) is 0 Å². The molecule has 3 saturated heterocycles. The quantitative estimate of drug-likeness (QED) is 0.0442. The smallest absolute Gasteiger partial charge is 1.00 e. The van der Waals surface area contributed by atoms with Crippen molar-refractivity contribution in [3.8, 4) is 33.8 Å². The average molecular weight is 1060 g/mol. The van der Waals surface area contributed by atoms with Gasteiger partial charge < -0.3 is 17.3 Å². The number of hydrogen-bond acceptors (Lipinski definition) is 16. The van der Waals surface area contributed by atoms with Crippen molar-refractivity contribution in [2.24, 2.45) is 0 Å². The van der Waals surface area contributed by atoms with Crippen LogP contribution in [0.5, 0.6) is 0 Å². The predicted molar refractivity (Wildman–Crippen MR) is 253 cm³/mol. The van der Waals surface area contributed by atoms with Crippen LogP contribution in [0.15, 0.2) is 110 Å². The standard InChI is InChI=1S/C16H15N3O2.C15H14N4O2.C12H11ClN2.C4H5NO2.CH2O3.ClH.2K.H/c1-11-9-17-13(10-19-14(20)7-8-15(19)21)18-16(11)12-5-3-2-4-6-12;16-11-8-17-12(9-19-13(20)6-7-14(19)21)18-15(11)10-4-2-1-3-5-10;1-9-8-14-11(7-13)15-12(9)10-5-3-2-4-6-10;6-3-1-2-4(7)5-3;2-1-4-3;;;;/h2-6,9H,7-8,10H2,1H3;1-5,8H,6-7,9,16H2;2-6,8H,7H2,1H3;1-2H2,(H,5,6,7);1,3H;1H;;;/q;;;;;;2*+1;-1/p-1. The molecule has 360 valence electrons. The fraction of sp³-hybridized carbons (Fsp3) is 0.229. The van der Waals surface area contributed by atoms with Crippen molar-refractivity contribution in [1.82, 2.24) is 45.0 Å². The molecule has 3 aliphatic rings. The Morgan fingerprint density at radius 2 is 0.915 bits per heavy atom. The summed E-state index contributed by atoms with van der Waals surface area (Å²) in [6.07, 6.45) is 6.90. The molecule has 3 aliphatic heterocycles. The number of amides is 6. The van der Waals surface area contributed by atoms with E-state index in [-0.39, 0.29) is 197 Å². The first-order valence-electron chi connectivity index (χ1n) is 21.0. The summed E-state index contributed by atoms with van der Waals surface area (Å²) in [5, 5.41) is 10.6. The third kappa shape index (κ3) is 19.4. The first-order chi connectivity index (χ1) is 32.8. The van der Waals surface area contributed by atoms with Gasteiger partial charge in [-0.05, 0) is 25.0 Å². The Labute approximate surface area is 507 Å². The molecule has 23 heteroatoms. The zero-order valence-corrected chi connectivity index (χ0v) is 47.3. The van der Waals surface area contributed by atoms with Gasteiger partial charge in [0.1, 0.15) is 17.5 Å². The predicted octanol–water partition coefficient (Wildman–Crippen LogP) is -0.933. The molecule has 6 amide bonds. The number of nitrogens with zero attached hydrogens (tertiary/aromatic N) is 8. The monoisotopic (exact) mass is 1060 g/mol. The molecule has 6 aromatic rings. The average Bonchev–Trinajstić information content (AvgIpc) is 4.02. The van der Waals surface area contributed by atoms with E-state index in [0.29, 0.717) is 47.6 Å². The third-order valence-electron chi connectivity index (χ3n) is 9.98. The maximum Gasteiger partial charge on any atom is 1.00 e. The fourth-order valence-electron chi connectivity index (χ4n) is 6.59. The number of hydrogen-bond donors (Lipinski definition) is 2. The molecule has 0 atom stereocenters. The number of aryl methyl sites for hydroxylation is 2. The van der Waals surface area contributed by atoms with E-state index in [1.807, 2.05) is 111 Å². The van der Waals surface area contributed by atoms with E-state index in [9.17, 15) is 28.8 Å². The first kappa shape index (κ1) is 62.5. The van der Waals surface area contributed by atoms with Gasteiger partial charge >= 0.3 is 103 Å². The molecule has 19 nitrogen and oxygen atoms in total. The van der Waals surface area contributed by atoms with Crippen molar-refractivity contribution in [1.29, 1.82) is 0 Å². The molecule has 3 N–H and O–H groups in total. The summed E-state index contributed by atoms with van der Waals surface area (Å²) in [5.41, 5.74) is 13.8. The summed E-state index contributed by atoms with van der Waals surface area (Å²) in [6.45, 7) is 4.01. The number of benzene rings is 3. The van der Waals surface area contributed by atoms with Gasteiger partial charge in [0, 0.05) is 67.6 Å².